The molecule has 1 aliphatic heterocycles. The maximum atomic E-state index is 14.3. The van der Waals surface area contributed by atoms with Crippen LogP contribution in [0.15, 0.2) is 58.4 Å². The van der Waals surface area contributed by atoms with Crippen LogP contribution in [0.5, 0.6) is 0 Å². The summed E-state index contributed by atoms with van der Waals surface area (Å²) in [4.78, 5) is 19.7. The predicted molar refractivity (Wildman–Crippen MR) is 149 cm³/mol. The first kappa shape index (κ1) is 28.5. The number of aliphatic imine (C=N–C) groups is 1. The molecule has 7 nitrogen and oxygen atoms in total. The number of amides is 1. The highest BCUT2D eigenvalue weighted by Gasteiger charge is 2.75. The highest BCUT2D eigenvalue weighted by molar-refractivity contribution is 7.89. The number of nitrogens with zero attached hydrogens (tertiary/aromatic N) is 3. The zero-order valence-corrected chi connectivity index (χ0v) is 24.6. The number of halogens is 4. The van der Waals surface area contributed by atoms with Crippen molar-refractivity contribution in [2.75, 3.05) is 7.05 Å². The third-order valence-corrected chi connectivity index (χ3v) is 11.5. The molecule has 1 atom stereocenters. The maximum absolute atomic E-state index is 14.3. The molecule has 4 fully saturated rings. The van der Waals surface area contributed by atoms with E-state index in [4.69, 9.17) is 16.6 Å². The van der Waals surface area contributed by atoms with E-state index in [9.17, 15) is 26.4 Å². The van der Waals surface area contributed by atoms with E-state index < -0.39 is 50.3 Å². The van der Waals surface area contributed by atoms with Crippen LogP contribution >= 0.6 is 11.6 Å². The van der Waals surface area contributed by atoms with Gasteiger partial charge in [-0.25, -0.2) is 21.6 Å². The van der Waals surface area contributed by atoms with Gasteiger partial charge in [-0.15, -0.1) is 0 Å². The van der Waals surface area contributed by atoms with Gasteiger partial charge in [-0.2, -0.15) is 4.31 Å². The Hall–Kier alpha value is -2.63. The summed E-state index contributed by atoms with van der Waals surface area (Å²) in [6.07, 6.45) is 0.804. The van der Waals surface area contributed by atoms with Crippen LogP contribution in [0.2, 0.25) is 5.02 Å². The summed E-state index contributed by atoms with van der Waals surface area (Å²) in [5.74, 6) is -2.98. The van der Waals surface area contributed by atoms with E-state index in [2.05, 4.69) is 5.32 Å². The minimum Gasteiger partial charge on any atom is -0.360 e. The number of nitrogens with one attached hydrogen (secondary N) is 1. The van der Waals surface area contributed by atoms with Gasteiger partial charge in [-0.3, -0.25) is 9.79 Å². The second-order valence-corrected chi connectivity index (χ2v) is 14.9. The van der Waals surface area contributed by atoms with E-state index >= 15 is 0 Å². The van der Waals surface area contributed by atoms with Crippen LogP contribution in [-0.4, -0.2) is 65.5 Å². The van der Waals surface area contributed by atoms with E-state index in [0.717, 1.165) is 0 Å². The fourth-order valence-electron chi connectivity index (χ4n) is 6.90. The van der Waals surface area contributed by atoms with E-state index in [1.54, 1.807) is 43.4 Å². The summed E-state index contributed by atoms with van der Waals surface area (Å²) in [5.41, 5.74) is -1.41. The van der Waals surface area contributed by atoms with Crippen LogP contribution in [-0.2, 0) is 21.4 Å². The lowest BCUT2D eigenvalue weighted by Gasteiger charge is -2.72. The van der Waals surface area contributed by atoms with Crippen LogP contribution in [0.1, 0.15) is 51.5 Å². The number of likely N-dealkylation sites (N-methyl/N-ethyl adjacent to an activating group) is 1. The Labute approximate surface area is 242 Å². The Bertz CT molecular complexity index is 1520. The number of carbonyl (C=O) groups is 1. The molecule has 220 valence electrons. The summed E-state index contributed by atoms with van der Waals surface area (Å²) >= 11 is 5.86. The molecule has 1 heterocycles. The molecule has 41 heavy (non-hydrogen) atoms. The summed E-state index contributed by atoms with van der Waals surface area (Å²) in [5, 5.41) is 3.26. The maximum Gasteiger partial charge on any atom is 0.252 e. The smallest absolute Gasteiger partial charge is 0.252 e. The van der Waals surface area contributed by atoms with Gasteiger partial charge in [0.25, 0.3) is 5.92 Å². The van der Waals surface area contributed by atoms with Crippen LogP contribution in [0.3, 0.4) is 0 Å². The van der Waals surface area contributed by atoms with Crippen LogP contribution in [0.4, 0.5) is 13.2 Å². The molecule has 0 saturated heterocycles. The van der Waals surface area contributed by atoms with Crippen LogP contribution in [0.25, 0.3) is 0 Å². The molecule has 0 aromatic heterocycles. The van der Waals surface area contributed by atoms with Gasteiger partial charge in [0.2, 0.25) is 15.9 Å². The third-order valence-electron chi connectivity index (χ3n) is 9.27. The molecule has 0 radical (unpaired) electrons. The SMILES string of the molecule is CN(C(=O)[C@@H]1NC(C23CC(N(Cc4ccc(Cl)c(F)c4)S(=O)(=O)c4ccccc4)(C2)C3)=NC1(C)C)C1CC(F)(F)C1. The highest BCUT2D eigenvalue weighted by Crippen LogP contribution is 2.71. The monoisotopic (exact) mass is 608 g/mol. The number of benzene rings is 2. The summed E-state index contributed by atoms with van der Waals surface area (Å²) in [7, 11) is -2.38. The molecular weight excluding hydrogens is 577 g/mol. The number of amidine groups is 1. The number of hydrogen-bond acceptors (Lipinski definition) is 5. The van der Waals surface area contributed by atoms with Gasteiger partial charge in [0.15, 0.2) is 0 Å². The van der Waals surface area contributed by atoms with Gasteiger partial charge in [0.1, 0.15) is 17.7 Å². The first-order valence-corrected chi connectivity index (χ1v) is 15.4. The molecule has 12 heteroatoms. The van der Waals surface area contributed by atoms with E-state index in [1.807, 2.05) is 13.8 Å². The van der Waals surface area contributed by atoms with Crippen molar-refractivity contribution < 1.29 is 26.4 Å². The number of carbonyl (C=O) groups excluding carboxylic acids is 1. The quantitative estimate of drug-likeness (QED) is 0.458. The molecule has 4 saturated carbocycles. The van der Waals surface area contributed by atoms with Gasteiger partial charge < -0.3 is 10.2 Å². The lowest BCUT2D eigenvalue weighted by Crippen LogP contribution is -2.78. The second kappa shape index (κ2) is 9.18. The Kier molecular flexibility index (Phi) is 6.38. The molecule has 0 spiro atoms. The first-order valence-electron chi connectivity index (χ1n) is 13.6. The van der Waals surface area contributed by atoms with Crippen molar-refractivity contribution in [2.24, 2.45) is 10.4 Å². The van der Waals surface area contributed by atoms with Crippen LogP contribution < -0.4 is 5.32 Å². The lowest BCUT2D eigenvalue weighted by molar-refractivity contribution is -0.153. The Morgan fingerprint density at radius 1 is 1.10 bits per heavy atom. The fraction of sp³-hybridized carbons (Fsp3) is 0.517. The van der Waals surface area contributed by atoms with Crippen molar-refractivity contribution in [1.29, 1.82) is 0 Å². The van der Waals surface area contributed by atoms with Gasteiger partial charge in [0, 0.05) is 43.4 Å². The number of alkyl halides is 2. The van der Waals surface area contributed by atoms with Gasteiger partial charge in [0.05, 0.1) is 15.5 Å². The summed E-state index contributed by atoms with van der Waals surface area (Å²) in [6.45, 7) is 3.65. The van der Waals surface area contributed by atoms with Gasteiger partial charge in [-0.1, -0.05) is 35.9 Å². The number of hydrogen-bond donors (Lipinski definition) is 1. The topological polar surface area (TPSA) is 82.1 Å². The fourth-order valence-corrected chi connectivity index (χ4v) is 8.80. The van der Waals surface area contributed by atoms with Crippen molar-refractivity contribution >= 4 is 33.4 Å². The molecule has 0 unspecified atom stereocenters. The summed E-state index contributed by atoms with van der Waals surface area (Å²) in [6, 6.07) is 11.2. The van der Waals surface area contributed by atoms with Crippen LogP contribution in [0, 0.1) is 11.2 Å². The van der Waals surface area contributed by atoms with Crippen molar-refractivity contribution in [1.82, 2.24) is 14.5 Å². The molecule has 2 bridgehead atoms. The zero-order valence-electron chi connectivity index (χ0n) is 23.0. The molecule has 2 aromatic carbocycles. The van der Waals surface area contributed by atoms with E-state index in [0.29, 0.717) is 30.7 Å². The first-order chi connectivity index (χ1) is 19.1. The molecule has 1 amide bonds. The number of rotatable bonds is 8. The van der Waals surface area contributed by atoms with E-state index in [1.165, 1.54) is 21.3 Å². The largest absolute Gasteiger partial charge is 0.360 e. The second-order valence-electron chi connectivity index (χ2n) is 12.7. The minimum absolute atomic E-state index is 0.0231. The van der Waals surface area contributed by atoms with E-state index in [-0.39, 0.29) is 35.2 Å². The lowest BCUT2D eigenvalue weighted by atomic mass is 9.38. The average Bonchev–Trinajstić information content (AvgIpc) is 3.16. The minimum atomic E-state index is -3.93. The van der Waals surface area contributed by atoms with Crippen molar-refractivity contribution in [3.05, 3.63) is 64.9 Å². The predicted octanol–water partition coefficient (Wildman–Crippen LogP) is 5.00. The third kappa shape index (κ3) is 4.55. The zero-order chi connectivity index (χ0) is 29.6. The molecule has 2 aromatic rings. The standard InChI is InChI=1S/C29H32ClF3N4O3S/c1-26(2)23(24(38)36(3)19-12-29(32,33)13-19)34-25(35-26)27-15-28(16-27,17-27)37(14-18-9-10-21(30)22(31)11-18)41(39,40)20-7-5-4-6-8-20/h4-11,19,23H,12-17H2,1-3H3,(H,34,35)/t23-,27?,28?/m0/s1. The Balaban J connectivity index is 1.22. The number of sulfonamides is 1. The molecule has 7 rings (SSSR count). The molecule has 1 N–H and O–H groups in total. The van der Waals surface area contributed by atoms with Crippen molar-refractivity contribution in [3.8, 4) is 0 Å². The highest BCUT2D eigenvalue weighted by atomic mass is 35.5. The molecular formula is C29H32ClF3N4O3S. The Morgan fingerprint density at radius 3 is 2.32 bits per heavy atom. The van der Waals surface area contributed by atoms with Gasteiger partial charge in [-0.05, 0) is 62.9 Å². The normalized spacial score (nSPS) is 29.6. The Morgan fingerprint density at radius 2 is 1.73 bits per heavy atom. The summed E-state index contributed by atoms with van der Waals surface area (Å²) < 4.78 is 70.4. The average molecular weight is 609 g/mol. The van der Waals surface area contributed by atoms with Gasteiger partial charge >= 0.3 is 0 Å². The van der Waals surface area contributed by atoms with Crippen molar-refractivity contribution in [3.63, 3.8) is 0 Å². The van der Waals surface area contributed by atoms with Crippen molar-refractivity contribution in [2.45, 2.75) is 86.5 Å². The molecule has 5 aliphatic rings. The molecule has 4 aliphatic carbocycles.